The van der Waals surface area contributed by atoms with E-state index >= 15 is 0 Å². The molecule has 48 heavy (non-hydrogen) atoms. The highest BCUT2D eigenvalue weighted by atomic mass is 35.5. The van der Waals surface area contributed by atoms with Crippen molar-refractivity contribution in [1.29, 1.82) is 5.41 Å². The third-order valence-corrected chi connectivity index (χ3v) is 7.86. The second-order valence-corrected chi connectivity index (χ2v) is 12.3. The smallest absolute Gasteiger partial charge is 0.244 e. The summed E-state index contributed by atoms with van der Waals surface area (Å²) in [6, 6.07) is 7.32. The zero-order valence-electron chi connectivity index (χ0n) is 28.3. The van der Waals surface area contributed by atoms with Gasteiger partial charge in [0.25, 0.3) is 0 Å². The van der Waals surface area contributed by atoms with E-state index in [4.69, 9.17) is 39.9 Å². The molecular formula is C31H52ClN13O3. The Bertz CT molecular complexity index is 1370. The van der Waals surface area contributed by atoms with Crippen LogP contribution in [0, 0.1) is 5.41 Å². The Morgan fingerprint density at radius 2 is 1.52 bits per heavy atom. The zero-order valence-corrected chi connectivity index (χ0v) is 29.1. The van der Waals surface area contributed by atoms with Crippen molar-refractivity contribution in [1.82, 2.24) is 35.7 Å². The Morgan fingerprint density at radius 3 is 2.12 bits per heavy atom. The van der Waals surface area contributed by atoms with Gasteiger partial charge in [-0.05, 0) is 76.6 Å². The van der Waals surface area contributed by atoms with Gasteiger partial charge in [-0.2, -0.15) is 0 Å². The first-order valence-corrected chi connectivity index (χ1v) is 16.2. The quantitative estimate of drug-likeness (QED) is 0.0548. The van der Waals surface area contributed by atoms with Crippen molar-refractivity contribution in [2.75, 3.05) is 52.7 Å². The average Bonchev–Trinajstić information content (AvgIpc) is 3.01. The fourth-order valence-corrected chi connectivity index (χ4v) is 5.02. The van der Waals surface area contributed by atoms with Crippen molar-refractivity contribution in [3.63, 3.8) is 0 Å². The largest absolute Gasteiger partial charge is 0.382 e. The number of aromatic nitrogens is 2. The number of aliphatic hydroxyl groups excluding tert-OH is 1. The number of unbranched alkanes of at least 4 members (excludes halogenated alkanes) is 2. The van der Waals surface area contributed by atoms with Crippen molar-refractivity contribution in [3.05, 3.63) is 46.2 Å². The lowest BCUT2D eigenvalue weighted by Crippen LogP contribution is -2.52. The van der Waals surface area contributed by atoms with Crippen LogP contribution in [0.15, 0.2) is 29.3 Å². The number of aliphatic hydroxyl groups is 1. The normalized spacial score (nSPS) is 13.4. The van der Waals surface area contributed by atoms with Gasteiger partial charge in [-0.1, -0.05) is 35.9 Å². The van der Waals surface area contributed by atoms with E-state index in [1.54, 1.807) is 14.1 Å². The van der Waals surface area contributed by atoms with Crippen LogP contribution in [0.3, 0.4) is 0 Å². The van der Waals surface area contributed by atoms with Gasteiger partial charge in [0, 0.05) is 27.2 Å². The van der Waals surface area contributed by atoms with Crippen LogP contribution in [0.5, 0.6) is 0 Å². The summed E-state index contributed by atoms with van der Waals surface area (Å²) in [5, 5.41) is 26.1. The Balaban J connectivity index is 1.81. The standard InChI is InChI=1S/C31H52ClN13O3/c1-44(2)22(27(46)40-21(29(48)45(3)4)10-6-8-17-38-30(35)36)16-15-20-13-11-19(12-14-20)9-5-7-18-39-31(37)43-28(47)23-25(33)42-26(34)24(32)41-23/h11-14,21-22,28,47H,5-10,15-18H2,1-4H3,(H,40,46)(H4,33,34,42)(H4,35,36,38)(H3,37,39,43)/t21-,22-,28?/m0/s1. The molecule has 16 nitrogen and oxygen atoms in total. The van der Waals surface area contributed by atoms with Gasteiger partial charge >= 0.3 is 0 Å². The average molecular weight is 690 g/mol. The minimum Gasteiger partial charge on any atom is -0.382 e. The molecule has 2 aromatic rings. The number of anilines is 2. The number of benzene rings is 1. The van der Waals surface area contributed by atoms with Crippen molar-refractivity contribution >= 4 is 47.0 Å². The van der Waals surface area contributed by atoms with Crippen LogP contribution >= 0.6 is 11.6 Å². The Morgan fingerprint density at radius 1 is 0.917 bits per heavy atom. The summed E-state index contributed by atoms with van der Waals surface area (Å²) < 4.78 is 0. The SMILES string of the molecule is CN(C)C(=O)[C@H](CCCCNC(=N)N)NC(=O)[C@H](CCc1ccc(CCCCN/C(N)=N/C(O)c2nc(Cl)c(N)nc2N)cc1)N(C)C. The molecule has 0 radical (unpaired) electrons. The Kier molecular flexibility index (Phi) is 16.6. The van der Waals surface area contributed by atoms with E-state index in [0.29, 0.717) is 38.8 Å². The molecule has 0 fully saturated rings. The highest BCUT2D eigenvalue weighted by Gasteiger charge is 2.27. The second kappa shape index (κ2) is 20.1. The number of nitrogens with zero attached hydrogens (tertiary/aromatic N) is 5. The number of aryl methyl sites for hydroxylation is 2. The molecule has 0 spiro atoms. The maximum atomic E-state index is 13.3. The molecule has 1 aromatic heterocycles. The number of hydrogen-bond acceptors (Lipinski definition) is 10. The summed E-state index contributed by atoms with van der Waals surface area (Å²) >= 11 is 5.86. The van der Waals surface area contributed by atoms with E-state index < -0.39 is 18.3 Å². The number of nitrogens with one attached hydrogen (secondary N) is 4. The van der Waals surface area contributed by atoms with Crippen molar-refractivity contribution in [3.8, 4) is 0 Å². The van der Waals surface area contributed by atoms with Crippen LogP contribution in [-0.2, 0) is 22.4 Å². The molecule has 2 amide bonds. The topological polar surface area (TPSA) is 263 Å². The molecule has 0 aliphatic rings. The molecule has 1 heterocycles. The lowest BCUT2D eigenvalue weighted by molar-refractivity contribution is -0.136. The predicted octanol–water partition coefficient (Wildman–Crippen LogP) is 0.302. The van der Waals surface area contributed by atoms with Crippen molar-refractivity contribution in [2.45, 2.75) is 69.7 Å². The van der Waals surface area contributed by atoms with Crippen LogP contribution in [0.1, 0.15) is 61.6 Å². The van der Waals surface area contributed by atoms with Crippen LogP contribution in [-0.4, -0.2) is 102 Å². The summed E-state index contributed by atoms with van der Waals surface area (Å²) in [5.74, 6) is -0.511. The van der Waals surface area contributed by atoms with E-state index in [1.807, 2.05) is 19.0 Å². The highest BCUT2D eigenvalue weighted by molar-refractivity contribution is 6.31. The van der Waals surface area contributed by atoms with Gasteiger partial charge < -0.3 is 48.9 Å². The van der Waals surface area contributed by atoms with Crippen LogP contribution in [0.25, 0.3) is 0 Å². The lowest BCUT2D eigenvalue weighted by Gasteiger charge is -2.27. The molecule has 1 aromatic carbocycles. The number of carbonyl (C=O) groups is 2. The van der Waals surface area contributed by atoms with Gasteiger partial charge in [0.15, 0.2) is 34.9 Å². The van der Waals surface area contributed by atoms with E-state index in [1.165, 1.54) is 10.5 Å². The monoisotopic (exact) mass is 689 g/mol. The van der Waals surface area contributed by atoms with Gasteiger partial charge in [-0.25, -0.2) is 15.0 Å². The minimum absolute atomic E-state index is 0.0316. The minimum atomic E-state index is -1.44. The first-order chi connectivity index (χ1) is 22.7. The van der Waals surface area contributed by atoms with E-state index in [2.05, 4.69) is 55.2 Å². The van der Waals surface area contributed by atoms with Crippen LogP contribution in [0.2, 0.25) is 5.15 Å². The Hall–Kier alpha value is -4.41. The van der Waals surface area contributed by atoms with E-state index in [-0.39, 0.29) is 46.2 Å². The molecule has 0 aliphatic heterocycles. The number of hydrogen-bond donors (Lipinski definition) is 9. The summed E-state index contributed by atoms with van der Waals surface area (Å²) in [7, 11) is 7.08. The number of halogens is 1. The molecule has 13 N–H and O–H groups in total. The van der Waals surface area contributed by atoms with Gasteiger partial charge in [0.1, 0.15) is 11.7 Å². The molecule has 0 aliphatic carbocycles. The van der Waals surface area contributed by atoms with E-state index in [9.17, 15) is 14.7 Å². The zero-order chi connectivity index (χ0) is 35.8. The van der Waals surface area contributed by atoms with Gasteiger partial charge in [0.2, 0.25) is 11.8 Å². The fourth-order valence-electron chi connectivity index (χ4n) is 4.89. The first kappa shape index (κ1) is 39.8. The van der Waals surface area contributed by atoms with Gasteiger partial charge in [0.05, 0.1) is 6.04 Å². The van der Waals surface area contributed by atoms with Crippen molar-refractivity contribution in [2.24, 2.45) is 16.5 Å². The number of rotatable bonds is 19. The second-order valence-electron chi connectivity index (χ2n) is 11.9. The summed E-state index contributed by atoms with van der Waals surface area (Å²) in [6.45, 7) is 1.09. The summed E-state index contributed by atoms with van der Waals surface area (Å²) in [4.78, 5) is 41.2. The van der Waals surface area contributed by atoms with Gasteiger partial charge in [-0.15, -0.1) is 0 Å². The maximum Gasteiger partial charge on any atom is 0.244 e. The number of aliphatic imine (C=N–C) groups is 1. The van der Waals surface area contributed by atoms with Crippen molar-refractivity contribution < 1.29 is 14.7 Å². The molecular weight excluding hydrogens is 638 g/mol. The third kappa shape index (κ3) is 13.8. The Labute approximate surface area is 287 Å². The summed E-state index contributed by atoms with van der Waals surface area (Å²) in [6.07, 6.45) is 4.35. The fraction of sp³-hybridized carbons (Fsp3) is 0.548. The van der Waals surface area contributed by atoms with Gasteiger partial charge in [-0.3, -0.25) is 19.9 Å². The number of nitrogen functional groups attached to an aromatic ring is 2. The molecule has 0 saturated carbocycles. The molecule has 266 valence electrons. The first-order valence-electron chi connectivity index (χ1n) is 15.9. The highest BCUT2D eigenvalue weighted by Crippen LogP contribution is 2.23. The lowest BCUT2D eigenvalue weighted by atomic mass is 10.0. The molecule has 2 rings (SSSR count). The number of guanidine groups is 2. The molecule has 0 bridgehead atoms. The third-order valence-electron chi connectivity index (χ3n) is 7.58. The van der Waals surface area contributed by atoms with Crippen LogP contribution in [0.4, 0.5) is 11.6 Å². The van der Waals surface area contributed by atoms with Crippen LogP contribution < -0.4 is 38.9 Å². The summed E-state index contributed by atoms with van der Waals surface area (Å²) in [5.41, 5.74) is 24.8. The molecule has 17 heteroatoms. The number of nitrogens with two attached hydrogens (primary N) is 4. The van der Waals surface area contributed by atoms with E-state index in [0.717, 1.165) is 31.2 Å². The number of likely N-dealkylation sites (N-methyl/N-ethyl adjacent to an activating group) is 2. The molecule has 1 unspecified atom stereocenters. The maximum absolute atomic E-state index is 13.3. The predicted molar refractivity (Wildman–Crippen MR) is 190 cm³/mol. The number of amides is 2. The molecule has 0 saturated heterocycles. The number of carbonyl (C=O) groups excluding carboxylic acids is 2. The molecule has 3 atom stereocenters.